The van der Waals surface area contributed by atoms with E-state index in [1.807, 2.05) is 0 Å². The second kappa shape index (κ2) is 18.5. The summed E-state index contributed by atoms with van der Waals surface area (Å²) in [6.45, 7) is 15.5. The molecular formula is C16H38N4V. The Morgan fingerprint density at radius 3 is 1.38 bits per heavy atom. The van der Waals surface area contributed by atoms with Gasteiger partial charge < -0.3 is 21.3 Å². The molecule has 4 N–H and O–H groups in total. The van der Waals surface area contributed by atoms with Crippen LogP contribution in [0.2, 0.25) is 0 Å². The predicted molar refractivity (Wildman–Crippen MR) is 90.5 cm³/mol. The second-order valence-corrected chi connectivity index (χ2v) is 5.70. The molecule has 0 spiro atoms. The molecule has 5 heteroatoms. The third-order valence-electron chi connectivity index (χ3n) is 3.57. The van der Waals surface area contributed by atoms with Crippen molar-refractivity contribution in [1.82, 2.24) is 21.3 Å². The van der Waals surface area contributed by atoms with Crippen LogP contribution in [0.5, 0.6) is 0 Å². The van der Waals surface area contributed by atoms with Crippen LogP contribution < -0.4 is 21.3 Å². The summed E-state index contributed by atoms with van der Waals surface area (Å²) < 4.78 is 0. The van der Waals surface area contributed by atoms with E-state index < -0.39 is 0 Å². The first kappa shape index (κ1) is 23.7. The van der Waals surface area contributed by atoms with Crippen LogP contribution in [0.4, 0.5) is 0 Å². The molecule has 2 unspecified atom stereocenters. The van der Waals surface area contributed by atoms with Crippen molar-refractivity contribution in [2.75, 3.05) is 39.3 Å². The molecule has 0 aromatic carbocycles. The van der Waals surface area contributed by atoms with Crippen molar-refractivity contribution in [2.45, 2.75) is 65.5 Å². The summed E-state index contributed by atoms with van der Waals surface area (Å²) in [6.07, 6.45) is 4.97. The SMILES string of the molecule is CCNC(C)CCNCCCCNCCC(C)NCC.[V]. The molecule has 21 heavy (non-hydrogen) atoms. The molecule has 0 saturated heterocycles. The fourth-order valence-corrected chi connectivity index (χ4v) is 2.29. The summed E-state index contributed by atoms with van der Waals surface area (Å²) in [4.78, 5) is 0. The Balaban J connectivity index is 0. The Labute approximate surface area is 144 Å². The van der Waals surface area contributed by atoms with Gasteiger partial charge in [0.2, 0.25) is 0 Å². The molecule has 0 heterocycles. The Morgan fingerprint density at radius 2 is 1.05 bits per heavy atom. The van der Waals surface area contributed by atoms with Gasteiger partial charge in [-0.1, -0.05) is 13.8 Å². The van der Waals surface area contributed by atoms with E-state index in [1.165, 1.54) is 25.7 Å². The molecule has 1 radical (unpaired) electrons. The molecule has 127 valence electrons. The van der Waals surface area contributed by atoms with Gasteiger partial charge in [-0.3, -0.25) is 0 Å². The van der Waals surface area contributed by atoms with E-state index in [9.17, 15) is 0 Å². The molecule has 0 aliphatic rings. The van der Waals surface area contributed by atoms with Gasteiger partial charge >= 0.3 is 0 Å². The van der Waals surface area contributed by atoms with Crippen LogP contribution in [0, 0.1) is 0 Å². The van der Waals surface area contributed by atoms with E-state index in [0.29, 0.717) is 12.1 Å². The van der Waals surface area contributed by atoms with E-state index in [-0.39, 0.29) is 18.6 Å². The van der Waals surface area contributed by atoms with Crippen molar-refractivity contribution >= 4 is 0 Å². The van der Waals surface area contributed by atoms with Crippen LogP contribution >= 0.6 is 0 Å². The number of rotatable bonds is 15. The monoisotopic (exact) mass is 337 g/mol. The van der Waals surface area contributed by atoms with Crippen molar-refractivity contribution in [3.63, 3.8) is 0 Å². The summed E-state index contributed by atoms with van der Waals surface area (Å²) in [5, 5.41) is 13.9. The first-order valence-corrected chi connectivity index (χ1v) is 8.58. The first-order valence-electron chi connectivity index (χ1n) is 8.58. The third-order valence-corrected chi connectivity index (χ3v) is 3.57. The number of nitrogens with one attached hydrogen (secondary N) is 4. The van der Waals surface area contributed by atoms with Gasteiger partial charge in [-0.05, 0) is 78.8 Å². The van der Waals surface area contributed by atoms with Gasteiger partial charge in [-0.2, -0.15) is 0 Å². The second-order valence-electron chi connectivity index (χ2n) is 5.70. The standard InChI is InChI=1S/C16H38N4.V/c1-5-19-15(3)9-13-17-11-7-8-12-18-14-10-16(4)20-6-2;/h15-20H,5-14H2,1-4H3;. The van der Waals surface area contributed by atoms with E-state index in [4.69, 9.17) is 0 Å². The van der Waals surface area contributed by atoms with Crippen LogP contribution in [0.25, 0.3) is 0 Å². The van der Waals surface area contributed by atoms with Crippen LogP contribution in [0.3, 0.4) is 0 Å². The number of hydrogen-bond donors (Lipinski definition) is 4. The third kappa shape index (κ3) is 18.4. The normalized spacial score (nSPS) is 13.7. The van der Waals surface area contributed by atoms with Crippen molar-refractivity contribution < 1.29 is 18.6 Å². The molecule has 0 saturated carbocycles. The topological polar surface area (TPSA) is 48.1 Å². The maximum absolute atomic E-state index is 3.52. The zero-order valence-corrected chi connectivity index (χ0v) is 16.1. The maximum Gasteiger partial charge on any atom is 0.00506 e. The summed E-state index contributed by atoms with van der Waals surface area (Å²) in [5.74, 6) is 0. The van der Waals surface area contributed by atoms with Crippen LogP contribution in [0.15, 0.2) is 0 Å². The molecule has 2 atom stereocenters. The van der Waals surface area contributed by atoms with Crippen LogP contribution in [0.1, 0.15) is 53.4 Å². The molecule has 0 aliphatic heterocycles. The van der Waals surface area contributed by atoms with Gasteiger partial charge in [-0.15, -0.1) is 0 Å². The Bertz CT molecular complexity index is 173. The Hall–Kier alpha value is 0.424. The van der Waals surface area contributed by atoms with E-state index in [0.717, 1.165) is 39.3 Å². The molecule has 0 amide bonds. The van der Waals surface area contributed by atoms with Gasteiger partial charge in [0.1, 0.15) is 0 Å². The molecule has 0 bridgehead atoms. The molecule has 0 aliphatic carbocycles. The molecular weight excluding hydrogens is 299 g/mol. The average molecular weight is 337 g/mol. The Morgan fingerprint density at radius 1 is 0.667 bits per heavy atom. The Kier molecular flexibility index (Phi) is 20.8. The summed E-state index contributed by atoms with van der Waals surface area (Å²) in [6, 6.07) is 1.26. The van der Waals surface area contributed by atoms with Crippen molar-refractivity contribution in [1.29, 1.82) is 0 Å². The minimum absolute atomic E-state index is 0. The molecule has 4 nitrogen and oxygen atoms in total. The van der Waals surface area contributed by atoms with Crippen LogP contribution in [-0.4, -0.2) is 51.4 Å². The fourth-order valence-electron chi connectivity index (χ4n) is 2.29. The van der Waals surface area contributed by atoms with Gasteiger partial charge in [0, 0.05) is 30.6 Å². The van der Waals surface area contributed by atoms with Gasteiger partial charge in [0.05, 0.1) is 0 Å². The zero-order valence-electron chi connectivity index (χ0n) is 14.7. The minimum Gasteiger partial charge on any atom is -0.317 e. The largest absolute Gasteiger partial charge is 0.317 e. The minimum atomic E-state index is 0. The predicted octanol–water partition coefficient (Wildman–Crippen LogP) is 1.72. The van der Waals surface area contributed by atoms with E-state index in [1.54, 1.807) is 0 Å². The van der Waals surface area contributed by atoms with Gasteiger partial charge in [-0.25, -0.2) is 0 Å². The number of hydrogen-bond acceptors (Lipinski definition) is 4. The van der Waals surface area contributed by atoms with Crippen LogP contribution in [-0.2, 0) is 18.6 Å². The molecule has 0 aromatic heterocycles. The molecule has 0 fully saturated rings. The number of unbranched alkanes of at least 4 members (excludes halogenated alkanes) is 1. The maximum atomic E-state index is 3.52. The van der Waals surface area contributed by atoms with Gasteiger partial charge in [0.25, 0.3) is 0 Å². The average Bonchev–Trinajstić information content (AvgIpc) is 2.41. The van der Waals surface area contributed by atoms with Crippen molar-refractivity contribution in [2.24, 2.45) is 0 Å². The fraction of sp³-hybridized carbons (Fsp3) is 1.00. The van der Waals surface area contributed by atoms with Crippen molar-refractivity contribution in [3.05, 3.63) is 0 Å². The van der Waals surface area contributed by atoms with E-state index >= 15 is 0 Å². The van der Waals surface area contributed by atoms with E-state index in [2.05, 4.69) is 49.0 Å². The summed E-state index contributed by atoms with van der Waals surface area (Å²) >= 11 is 0. The summed E-state index contributed by atoms with van der Waals surface area (Å²) in [7, 11) is 0. The summed E-state index contributed by atoms with van der Waals surface area (Å²) in [5.41, 5.74) is 0. The molecule has 0 aromatic rings. The quantitative estimate of drug-likeness (QED) is 0.344. The smallest absolute Gasteiger partial charge is 0.00506 e. The molecule has 0 rings (SSSR count). The first-order chi connectivity index (χ1) is 9.70. The van der Waals surface area contributed by atoms with Gasteiger partial charge in [0.15, 0.2) is 0 Å². The zero-order chi connectivity index (χ0) is 15.1. The van der Waals surface area contributed by atoms with Crippen molar-refractivity contribution in [3.8, 4) is 0 Å².